The highest BCUT2D eigenvalue weighted by molar-refractivity contribution is 9.10. The first-order valence-corrected chi connectivity index (χ1v) is 7.81. The number of nitrogens with zero attached hydrogens (tertiary/aromatic N) is 3. The summed E-state index contributed by atoms with van der Waals surface area (Å²) in [6, 6.07) is 7.51. The molecular formula is C13H10BrN3O3S. The van der Waals surface area contributed by atoms with E-state index in [2.05, 4.69) is 26.1 Å². The molecular weight excluding hydrogens is 358 g/mol. The molecule has 0 fully saturated rings. The van der Waals surface area contributed by atoms with Crippen molar-refractivity contribution in [3.8, 4) is 0 Å². The maximum atomic E-state index is 10.8. The van der Waals surface area contributed by atoms with Gasteiger partial charge in [-0.15, -0.1) is 0 Å². The van der Waals surface area contributed by atoms with E-state index in [1.165, 1.54) is 11.8 Å². The molecule has 8 heteroatoms. The Hall–Kier alpha value is -1.80. The molecule has 0 amide bonds. The van der Waals surface area contributed by atoms with Crippen LogP contribution >= 0.6 is 27.7 Å². The molecule has 0 radical (unpaired) electrons. The third-order valence-corrected chi connectivity index (χ3v) is 4.26. The van der Waals surface area contributed by atoms with E-state index < -0.39 is 5.97 Å². The molecule has 0 atom stereocenters. The van der Waals surface area contributed by atoms with E-state index in [0.717, 1.165) is 15.5 Å². The first-order chi connectivity index (χ1) is 10.1. The average Bonchev–Trinajstić information content (AvgIpc) is 3.06. The van der Waals surface area contributed by atoms with Crippen molar-refractivity contribution in [2.24, 2.45) is 0 Å². The van der Waals surface area contributed by atoms with E-state index in [-0.39, 0.29) is 5.75 Å². The second-order valence-corrected chi connectivity index (χ2v) is 6.13. The molecule has 0 aliphatic carbocycles. The van der Waals surface area contributed by atoms with Gasteiger partial charge >= 0.3 is 5.97 Å². The molecule has 0 saturated heterocycles. The summed E-state index contributed by atoms with van der Waals surface area (Å²) < 4.78 is 7.99. The van der Waals surface area contributed by atoms with Crippen LogP contribution in [0.1, 0.15) is 5.76 Å². The van der Waals surface area contributed by atoms with Crippen molar-refractivity contribution in [1.82, 2.24) is 14.7 Å². The van der Waals surface area contributed by atoms with Crippen LogP contribution in [0.25, 0.3) is 11.0 Å². The molecule has 0 aliphatic heterocycles. The van der Waals surface area contributed by atoms with Crippen molar-refractivity contribution < 1.29 is 14.4 Å². The fraction of sp³-hybridized carbons (Fsp3) is 0.154. The number of imidazole rings is 1. The van der Waals surface area contributed by atoms with E-state index in [1.807, 2.05) is 22.8 Å². The number of fused-ring (bicyclic) bond motifs is 1. The van der Waals surface area contributed by atoms with Crippen molar-refractivity contribution in [2.45, 2.75) is 11.7 Å². The molecule has 1 aromatic carbocycles. The number of aromatic nitrogens is 3. The van der Waals surface area contributed by atoms with Gasteiger partial charge in [0, 0.05) is 10.5 Å². The maximum absolute atomic E-state index is 10.8. The number of aliphatic carboxylic acids is 1. The molecule has 3 rings (SSSR count). The Morgan fingerprint density at radius 1 is 1.43 bits per heavy atom. The largest absolute Gasteiger partial charge is 0.481 e. The lowest BCUT2D eigenvalue weighted by Crippen LogP contribution is -2.04. The van der Waals surface area contributed by atoms with E-state index in [9.17, 15) is 4.79 Å². The fourth-order valence-corrected chi connectivity index (χ4v) is 3.03. The Labute approximate surface area is 132 Å². The molecule has 108 valence electrons. The van der Waals surface area contributed by atoms with Crippen molar-refractivity contribution in [3.63, 3.8) is 0 Å². The minimum Gasteiger partial charge on any atom is -0.481 e. The summed E-state index contributed by atoms with van der Waals surface area (Å²) in [6.45, 7) is 0.453. The number of carboxylic acids is 1. The quantitative estimate of drug-likeness (QED) is 0.698. The predicted octanol–water partition coefficient (Wildman–Crippen LogP) is 3.01. The molecule has 0 saturated carbocycles. The minimum atomic E-state index is -0.876. The molecule has 0 aliphatic rings. The Morgan fingerprint density at radius 3 is 3.00 bits per heavy atom. The Morgan fingerprint density at radius 2 is 2.29 bits per heavy atom. The average molecular weight is 368 g/mol. The van der Waals surface area contributed by atoms with Crippen molar-refractivity contribution in [1.29, 1.82) is 0 Å². The highest BCUT2D eigenvalue weighted by Gasteiger charge is 2.14. The zero-order chi connectivity index (χ0) is 14.8. The topological polar surface area (TPSA) is 81.1 Å². The zero-order valence-electron chi connectivity index (χ0n) is 10.7. The lowest BCUT2D eigenvalue weighted by Gasteiger charge is -2.05. The van der Waals surface area contributed by atoms with Crippen LogP contribution in [0.4, 0.5) is 0 Å². The highest BCUT2D eigenvalue weighted by Crippen LogP contribution is 2.27. The van der Waals surface area contributed by atoms with Gasteiger partial charge in [0.25, 0.3) is 0 Å². The first-order valence-electron chi connectivity index (χ1n) is 6.03. The SMILES string of the molecule is O=C(O)CSc1nc2ccc(Br)cc2n1Cc1ccno1. The second kappa shape index (κ2) is 5.90. The molecule has 2 heterocycles. The van der Waals surface area contributed by atoms with Gasteiger partial charge in [-0.25, -0.2) is 4.98 Å². The molecule has 6 nitrogen and oxygen atoms in total. The van der Waals surface area contributed by atoms with Gasteiger partial charge in [-0.1, -0.05) is 32.8 Å². The van der Waals surface area contributed by atoms with Crippen LogP contribution in [-0.2, 0) is 11.3 Å². The maximum Gasteiger partial charge on any atom is 0.313 e. The van der Waals surface area contributed by atoms with Crippen LogP contribution in [0.3, 0.4) is 0 Å². The monoisotopic (exact) mass is 367 g/mol. The standard InChI is InChI=1S/C13H10BrN3O3S/c14-8-1-2-10-11(5-8)17(6-9-3-4-15-20-9)13(16-10)21-7-12(18)19/h1-5H,6-7H2,(H,18,19). The predicted molar refractivity (Wildman–Crippen MR) is 81.4 cm³/mol. The number of halogens is 1. The Balaban J connectivity index is 2.04. The lowest BCUT2D eigenvalue weighted by molar-refractivity contribution is -0.133. The second-order valence-electron chi connectivity index (χ2n) is 4.27. The molecule has 0 spiro atoms. The van der Waals surface area contributed by atoms with Gasteiger partial charge in [0.2, 0.25) is 0 Å². The van der Waals surface area contributed by atoms with Crippen molar-refractivity contribution in [2.75, 3.05) is 5.75 Å². The minimum absolute atomic E-state index is 0.0408. The summed E-state index contributed by atoms with van der Waals surface area (Å²) in [4.78, 5) is 15.3. The summed E-state index contributed by atoms with van der Waals surface area (Å²) in [6.07, 6.45) is 1.58. The van der Waals surface area contributed by atoms with Gasteiger partial charge < -0.3 is 14.2 Å². The van der Waals surface area contributed by atoms with E-state index >= 15 is 0 Å². The number of hydrogen-bond donors (Lipinski definition) is 1. The molecule has 21 heavy (non-hydrogen) atoms. The van der Waals surface area contributed by atoms with E-state index in [1.54, 1.807) is 12.3 Å². The van der Waals surface area contributed by atoms with Gasteiger partial charge in [0.1, 0.15) is 0 Å². The normalized spacial score (nSPS) is 11.1. The highest BCUT2D eigenvalue weighted by atomic mass is 79.9. The van der Waals surface area contributed by atoms with Gasteiger partial charge in [-0.3, -0.25) is 4.79 Å². The third kappa shape index (κ3) is 3.11. The number of carboxylic acid groups (broad SMARTS) is 1. The molecule has 3 aromatic rings. The molecule has 0 bridgehead atoms. The van der Waals surface area contributed by atoms with Crippen LogP contribution in [0.15, 0.2) is 44.6 Å². The van der Waals surface area contributed by atoms with E-state index in [0.29, 0.717) is 17.5 Å². The Bertz CT molecular complexity index is 785. The zero-order valence-corrected chi connectivity index (χ0v) is 13.1. The fourth-order valence-electron chi connectivity index (χ4n) is 1.94. The summed E-state index contributed by atoms with van der Waals surface area (Å²) in [5, 5.41) is 13.2. The van der Waals surface area contributed by atoms with Gasteiger partial charge in [0.05, 0.1) is 29.5 Å². The molecule has 1 N–H and O–H groups in total. The number of benzene rings is 1. The van der Waals surface area contributed by atoms with Crippen molar-refractivity contribution >= 4 is 44.7 Å². The number of thioether (sulfide) groups is 1. The number of carbonyl (C=O) groups is 1. The summed E-state index contributed by atoms with van der Waals surface area (Å²) in [5.41, 5.74) is 1.72. The van der Waals surface area contributed by atoms with Crippen LogP contribution < -0.4 is 0 Å². The van der Waals surface area contributed by atoms with E-state index in [4.69, 9.17) is 9.63 Å². The van der Waals surface area contributed by atoms with Gasteiger partial charge in [-0.05, 0) is 18.2 Å². The summed E-state index contributed by atoms with van der Waals surface area (Å²) >= 11 is 4.62. The van der Waals surface area contributed by atoms with Crippen LogP contribution in [0, 0.1) is 0 Å². The molecule has 2 aromatic heterocycles. The van der Waals surface area contributed by atoms with Crippen molar-refractivity contribution in [3.05, 3.63) is 40.7 Å². The smallest absolute Gasteiger partial charge is 0.313 e. The summed E-state index contributed by atoms with van der Waals surface area (Å²) in [5.74, 6) is -0.230. The molecule has 0 unspecified atom stereocenters. The van der Waals surface area contributed by atoms with Crippen LogP contribution in [0.5, 0.6) is 0 Å². The van der Waals surface area contributed by atoms with Gasteiger partial charge in [0.15, 0.2) is 10.9 Å². The Kier molecular flexibility index (Phi) is 3.98. The van der Waals surface area contributed by atoms with Gasteiger partial charge in [-0.2, -0.15) is 0 Å². The lowest BCUT2D eigenvalue weighted by atomic mass is 10.3. The third-order valence-electron chi connectivity index (χ3n) is 2.81. The van der Waals surface area contributed by atoms with Crippen LogP contribution in [0.2, 0.25) is 0 Å². The number of rotatable bonds is 5. The van der Waals surface area contributed by atoms with Crippen LogP contribution in [-0.4, -0.2) is 31.5 Å². The summed E-state index contributed by atoms with van der Waals surface area (Å²) in [7, 11) is 0. The number of hydrogen-bond acceptors (Lipinski definition) is 5. The first kappa shape index (κ1) is 14.2.